The minimum Gasteiger partial charge on any atom is -0.378 e. The van der Waals surface area contributed by atoms with Gasteiger partial charge in [-0.1, -0.05) is 0 Å². The standard InChI is InChI=1S/C28H33FN6OS/c29-22-3-4-23-21(5-8-30-23)25(22)27-32-24-15-20(37-26(24)28(33-27)35-11-13-36-14-12-35)17-34-9-6-19(7-10-34)31-16-18-1-2-18/h3-5,8,15,18-19,30-31H,1-2,6-7,9-14,16-17H2. The van der Waals surface area contributed by atoms with Crippen LogP contribution in [0.5, 0.6) is 0 Å². The van der Waals surface area contributed by atoms with Crippen LogP contribution in [0.3, 0.4) is 0 Å². The van der Waals surface area contributed by atoms with Crippen LogP contribution in [0.2, 0.25) is 0 Å². The number of aromatic amines is 1. The molecule has 2 saturated heterocycles. The summed E-state index contributed by atoms with van der Waals surface area (Å²) >= 11 is 1.78. The molecule has 2 aliphatic heterocycles. The van der Waals surface area contributed by atoms with Crippen molar-refractivity contribution in [1.82, 2.24) is 25.2 Å². The number of rotatable bonds is 7. The Morgan fingerprint density at radius 3 is 2.70 bits per heavy atom. The van der Waals surface area contributed by atoms with Crippen molar-refractivity contribution in [3.05, 3.63) is 41.2 Å². The van der Waals surface area contributed by atoms with E-state index in [1.165, 1.54) is 43.2 Å². The first-order valence-electron chi connectivity index (χ1n) is 13.6. The Morgan fingerprint density at radius 1 is 1.05 bits per heavy atom. The van der Waals surface area contributed by atoms with Gasteiger partial charge in [-0.2, -0.15) is 0 Å². The molecule has 3 fully saturated rings. The number of H-pyrrole nitrogens is 1. The maximum absolute atomic E-state index is 15.2. The molecule has 0 atom stereocenters. The lowest BCUT2D eigenvalue weighted by molar-refractivity contribution is 0.122. The summed E-state index contributed by atoms with van der Waals surface area (Å²) in [5, 5.41) is 4.59. The van der Waals surface area contributed by atoms with Crippen LogP contribution in [0.25, 0.3) is 32.5 Å². The van der Waals surface area contributed by atoms with Crippen molar-refractivity contribution in [2.45, 2.75) is 38.3 Å². The fraction of sp³-hybridized carbons (Fsp3) is 0.500. The van der Waals surface area contributed by atoms with Gasteiger partial charge in [0.25, 0.3) is 0 Å². The second-order valence-electron chi connectivity index (χ2n) is 10.7. The fourth-order valence-electron chi connectivity index (χ4n) is 5.65. The van der Waals surface area contributed by atoms with Crippen molar-refractivity contribution in [3.63, 3.8) is 0 Å². The molecular weight excluding hydrogens is 487 g/mol. The topological polar surface area (TPSA) is 69.3 Å². The second kappa shape index (κ2) is 9.94. The SMILES string of the molecule is Fc1ccc2[nH]ccc2c1-c1nc(N2CCOCC2)c2sc(CN3CCC(NCC4CC4)CC3)cc2n1. The largest absolute Gasteiger partial charge is 0.378 e. The van der Waals surface area contributed by atoms with Gasteiger partial charge in [0, 0.05) is 47.7 Å². The Labute approximate surface area is 220 Å². The Bertz CT molecular complexity index is 1400. The van der Waals surface area contributed by atoms with E-state index in [2.05, 4.69) is 26.2 Å². The van der Waals surface area contributed by atoms with Crippen LogP contribution in [-0.2, 0) is 11.3 Å². The maximum atomic E-state index is 15.2. The van der Waals surface area contributed by atoms with Crippen molar-refractivity contribution in [2.75, 3.05) is 50.8 Å². The van der Waals surface area contributed by atoms with Crippen molar-refractivity contribution < 1.29 is 9.13 Å². The van der Waals surface area contributed by atoms with Gasteiger partial charge in [0.05, 0.1) is 29.0 Å². The number of fused-ring (bicyclic) bond motifs is 2. The average molecular weight is 521 g/mol. The van der Waals surface area contributed by atoms with Crippen LogP contribution >= 0.6 is 11.3 Å². The summed E-state index contributed by atoms with van der Waals surface area (Å²) in [7, 11) is 0. The van der Waals surface area contributed by atoms with Gasteiger partial charge in [0.2, 0.25) is 0 Å². The molecule has 5 heterocycles. The molecule has 37 heavy (non-hydrogen) atoms. The predicted molar refractivity (Wildman–Crippen MR) is 147 cm³/mol. The van der Waals surface area contributed by atoms with E-state index in [-0.39, 0.29) is 5.82 Å². The molecule has 0 spiro atoms. The summed E-state index contributed by atoms with van der Waals surface area (Å²) in [4.78, 5) is 19.2. The molecule has 3 aliphatic rings. The van der Waals surface area contributed by atoms with Gasteiger partial charge in [-0.15, -0.1) is 11.3 Å². The number of thiophene rings is 1. The van der Waals surface area contributed by atoms with Crippen LogP contribution < -0.4 is 10.2 Å². The maximum Gasteiger partial charge on any atom is 0.165 e. The number of piperidine rings is 1. The van der Waals surface area contributed by atoms with Crippen LogP contribution in [0.15, 0.2) is 30.5 Å². The number of hydrogen-bond donors (Lipinski definition) is 2. The van der Waals surface area contributed by atoms with Crippen molar-refractivity contribution >= 4 is 38.3 Å². The van der Waals surface area contributed by atoms with Crippen molar-refractivity contribution in [3.8, 4) is 11.4 Å². The molecule has 9 heteroatoms. The van der Waals surface area contributed by atoms with Gasteiger partial charge < -0.3 is 19.9 Å². The summed E-state index contributed by atoms with van der Waals surface area (Å²) < 4.78 is 21.9. The number of nitrogens with one attached hydrogen (secondary N) is 2. The van der Waals surface area contributed by atoms with Crippen molar-refractivity contribution in [2.24, 2.45) is 5.92 Å². The fourth-order valence-corrected chi connectivity index (χ4v) is 6.80. The molecule has 3 aromatic heterocycles. The molecule has 0 bridgehead atoms. The number of likely N-dealkylation sites (tertiary alicyclic amines) is 1. The van der Waals surface area contributed by atoms with Gasteiger partial charge in [0.1, 0.15) is 5.82 Å². The van der Waals surface area contributed by atoms with Crippen LogP contribution in [0.4, 0.5) is 10.2 Å². The van der Waals surface area contributed by atoms with E-state index in [0.717, 1.165) is 65.6 Å². The summed E-state index contributed by atoms with van der Waals surface area (Å²) in [6.07, 6.45) is 7.06. The summed E-state index contributed by atoms with van der Waals surface area (Å²) in [5.41, 5.74) is 2.25. The number of anilines is 1. The average Bonchev–Trinajstić information content (AvgIpc) is 3.48. The number of morpholine rings is 1. The number of benzene rings is 1. The van der Waals surface area contributed by atoms with Gasteiger partial charge >= 0.3 is 0 Å². The number of halogens is 1. The minimum absolute atomic E-state index is 0.298. The van der Waals surface area contributed by atoms with Gasteiger partial charge in [-0.25, -0.2) is 14.4 Å². The number of nitrogens with zero attached hydrogens (tertiary/aromatic N) is 4. The minimum atomic E-state index is -0.298. The number of aromatic nitrogens is 3. The van der Waals surface area contributed by atoms with E-state index in [0.29, 0.717) is 30.6 Å². The van der Waals surface area contributed by atoms with Gasteiger partial charge in [-0.3, -0.25) is 4.90 Å². The molecule has 1 aromatic carbocycles. The molecule has 7 nitrogen and oxygen atoms in total. The number of ether oxygens (including phenoxy) is 1. The first kappa shape index (κ1) is 23.5. The summed E-state index contributed by atoms with van der Waals surface area (Å²) in [5.74, 6) is 1.98. The Kier molecular flexibility index (Phi) is 6.32. The highest BCUT2D eigenvalue weighted by Crippen LogP contribution is 2.37. The lowest BCUT2D eigenvalue weighted by Crippen LogP contribution is -2.42. The molecule has 4 aromatic rings. The monoisotopic (exact) mass is 520 g/mol. The van der Waals surface area contributed by atoms with E-state index >= 15 is 4.39 Å². The van der Waals surface area contributed by atoms with E-state index in [1.807, 2.05) is 12.3 Å². The molecule has 0 amide bonds. The molecule has 7 rings (SSSR count). The smallest absolute Gasteiger partial charge is 0.165 e. The molecule has 1 saturated carbocycles. The highest BCUT2D eigenvalue weighted by molar-refractivity contribution is 7.19. The quantitative estimate of drug-likeness (QED) is 0.366. The van der Waals surface area contributed by atoms with Gasteiger partial charge in [0.15, 0.2) is 11.6 Å². The van der Waals surface area contributed by atoms with Crippen LogP contribution in [0.1, 0.15) is 30.6 Å². The van der Waals surface area contributed by atoms with E-state index in [9.17, 15) is 0 Å². The normalized spacial score (nSPS) is 19.9. The van der Waals surface area contributed by atoms with Crippen molar-refractivity contribution in [1.29, 1.82) is 0 Å². The third-order valence-corrected chi connectivity index (χ3v) is 9.09. The lowest BCUT2D eigenvalue weighted by Gasteiger charge is -2.32. The zero-order valence-electron chi connectivity index (χ0n) is 21.0. The van der Waals surface area contributed by atoms with Crippen LogP contribution in [0, 0.1) is 11.7 Å². The number of hydrogen-bond acceptors (Lipinski definition) is 7. The highest BCUT2D eigenvalue weighted by atomic mass is 32.1. The third-order valence-electron chi connectivity index (χ3n) is 7.98. The zero-order chi connectivity index (χ0) is 24.8. The molecule has 1 aliphatic carbocycles. The second-order valence-corrected chi connectivity index (χ2v) is 11.8. The van der Waals surface area contributed by atoms with Gasteiger partial charge in [-0.05, 0) is 75.5 Å². The molecule has 0 unspecified atom stereocenters. The first-order chi connectivity index (χ1) is 18.2. The van der Waals surface area contributed by atoms with E-state index in [1.54, 1.807) is 17.4 Å². The Balaban J connectivity index is 1.19. The zero-order valence-corrected chi connectivity index (χ0v) is 21.8. The molecule has 2 N–H and O–H groups in total. The Morgan fingerprint density at radius 2 is 1.89 bits per heavy atom. The summed E-state index contributed by atoms with van der Waals surface area (Å²) in [6.45, 7) is 7.25. The molecule has 194 valence electrons. The molecule has 0 radical (unpaired) electrons. The van der Waals surface area contributed by atoms with Crippen LogP contribution in [-0.4, -0.2) is 71.8 Å². The summed E-state index contributed by atoms with van der Waals surface area (Å²) in [6, 6.07) is 8.02. The third kappa shape index (κ3) is 4.85. The van der Waals surface area contributed by atoms with E-state index < -0.39 is 0 Å². The predicted octanol–water partition coefficient (Wildman–Crippen LogP) is 4.78. The van der Waals surface area contributed by atoms with E-state index in [4.69, 9.17) is 14.7 Å². The lowest BCUT2D eigenvalue weighted by atomic mass is 10.0. The highest BCUT2D eigenvalue weighted by Gasteiger charge is 2.26. The first-order valence-corrected chi connectivity index (χ1v) is 14.4. The Hall–Kier alpha value is -2.59. The molecular formula is C28H33FN6OS.